The number of nitro benzene ring substituents is 1. The number of aromatic hydroxyl groups is 1. The smallest absolute Gasteiger partial charge is 0.357 e. The fraction of sp³-hybridized carbons (Fsp3) is 0.333. The summed E-state index contributed by atoms with van der Waals surface area (Å²) >= 11 is 0. The van der Waals surface area contributed by atoms with Gasteiger partial charge < -0.3 is 19.5 Å². The molecule has 1 saturated heterocycles. The third kappa shape index (κ3) is 4.47. The summed E-state index contributed by atoms with van der Waals surface area (Å²) < 4.78 is 24.7. The molecule has 1 atom stereocenters. The van der Waals surface area contributed by atoms with E-state index in [9.17, 15) is 19.8 Å². The van der Waals surface area contributed by atoms with Crippen LogP contribution in [0, 0.1) is 15.5 Å². The normalized spacial score (nSPS) is 19.2. The summed E-state index contributed by atoms with van der Waals surface area (Å²) in [5.74, 6) is -0.745. The lowest BCUT2D eigenvalue weighted by molar-refractivity contribution is -0.384. The Morgan fingerprint density at radius 1 is 1.11 bits per heavy atom. The average molecular weight is 392 g/mol. The van der Waals surface area contributed by atoms with Crippen LogP contribution in [0.15, 0.2) is 48.5 Å². The van der Waals surface area contributed by atoms with Gasteiger partial charge in [-0.15, -0.1) is 0 Å². The van der Waals surface area contributed by atoms with E-state index >= 15 is 0 Å². The number of nitro groups is 1. The third-order valence-electron chi connectivity index (χ3n) is 4.18. The summed E-state index contributed by atoms with van der Waals surface area (Å²) in [6.45, 7) is 4.44. The molecule has 1 aliphatic heterocycles. The summed E-state index contributed by atoms with van der Waals surface area (Å²) in [6.07, 6.45) is 0. The highest BCUT2D eigenvalue weighted by Crippen LogP contribution is 2.64. The molecule has 0 aliphatic carbocycles. The van der Waals surface area contributed by atoms with Crippen molar-refractivity contribution in [3.63, 3.8) is 0 Å². The summed E-state index contributed by atoms with van der Waals surface area (Å²) in [5.41, 5.74) is 0.819. The van der Waals surface area contributed by atoms with Gasteiger partial charge in [0, 0.05) is 23.2 Å². The lowest BCUT2D eigenvalue weighted by Gasteiger charge is -2.37. The molecule has 0 saturated carbocycles. The topological polar surface area (TPSA) is 111 Å². The largest absolute Gasteiger partial charge is 0.508 e. The molecule has 0 radical (unpaired) electrons. The molecule has 8 nitrogen and oxygen atoms in total. The first-order chi connectivity index (χ1) is 12.7. The lowest BCUT2D eigenvalue weighted by Crippen LogP contribution is -2.31. The first kappa shape index (κ1) is 19.4. The molecule has 1 aliphatic rings. The number of phenolic OH excluding ortho intramolecular Hbond substituents is 1. The van der Waals surface area contributed by atoms with E-state index < -0.39 is 18.3 Å². The molecule has 0 bridgehead atoms. The van der Waals surface area contributed by atoms with Crippen LogP contribution in [0.1, 0.15) is 25.2 Å². The molecule has 0 spiro atoms. The Kier molecular flexibility index (Phi) is 5.24. The van der Waals surface area contributed by atoms with E-state index in [4.69, 9.17) is 9.05 Å². The van der Waals surface area contributed by atoms with Gasteiger partial charge in [-0.1, -0.05) is 13.8 Å². The number of anilines is 1. The number of nitrogens with one attached hydrogen (secondary N) is 1. The van der Waals surface area contributed by atoms with Crippen molar-refractivity contribution in [3.05, 3.63) is 64.2 Å². The number of phenols is 1. The predicted octanol–water partition coefficient (Wildman–Crippen LogP) is 4.68. The SMILES string of the molecule is CC1(C)COP(=O)(C(Nc2ccc(O)cc2)c2ccc([N+](=O)[O-])cc2)OC1. The van der Waals surface area contributed by atoms with Crippen LogP contribution in [0.4, 0.5) is 11.4 Å². The Balaban J connectivity index is 1.94. The van der Waals surface area contributed by atoms with Gasteiger partial charge in [-0.2, -0.15) is 0 Å². The number of nitrogens with zero attached hydrogens (tertiary/aromatic N) is 1. The van der Waals surface area contributed by atoms with E-state index in [1.165, 1.54) is 36.4 Å². The van der Waals surface area contributed by atoms with E-state index in [1.54, 1.807) is 12.1 Å². The van der Waals surface area contributed by atoms with Gasteiger partial charge in [0.25, 0.3) is 5.69 Å². The van der Waals surface area contributed by atoms with Crippen LogP contribution < -0.4 is 5.32 Å². The summed E-state index contributed by atoms with van der Waals surface area (Å²) in [5, 5.41) is 23.5. The highest BCUT2D eigenvalue weighted by Gasteiger charge is 2.44. The maximum Gasteiger partial charge on any atom is 0.357 e. The molecule has 9 heteroatoms. The third-order valence-corrected chi connectivity index (χ3v) is 6.21. The number of non-ortho nitro benzene ring substituents is 1. The molecule has 27 heavy (non-hydrogen) atoms. The van der Waals surface area contributed by atoms with Crippen LogP contribution in [-0.2, 0) is 13.6 Å². The second kappa shape index (κ2) is 7.31. The fourth-order valence-electron chi connectivity index (χ4n) is 2.60. The molecular formula is C18H21N2O6P. The standard InChI is InChI=1S/C18H21N2O6P/c1-18(2)11-25-27(24,26-12-18)17(19-14-5-9-16(21)10-6-14)13-3-7-15(8-4-13)20(22)23/h3-10,17,19,21H,11-12H2,1-2H3. The summed E-state index contributed by atoms with van der Waals surface area (Å²) in [7, 11) is -3.59. The minimum Gasteiger partial charge on any atom is -0.508 e. The second-order valence-corrected chi connectivity index (χ2v) is 9.31. The van der Waals surface area contributed by atoms with Crippen LogP contribution >= 0.6 is 7.60 Å². The van der Waals surface area contributed by atoms with Gasteiger partial charge in [-0.3, -0.25) is 14.7 Å². The highest BCUT2D eigenvalue weighted by molar-refractivity contribution is 7.54. The number of hydrogen-bond donors (Lipinski definition) is 2. The van der Waals surface area contributed by atoms with Gasteiger partial charge in [0.15, 0.2) is 5.78 Å². The molecule has 1 unspecified atom stereocenters. The van der Waals surface area contributed by atoms with Crippen molar-refractivity contribution in [2.75, 3.05) is 18.5 Å². The van der Waals surface area contributed by atoms with Gasteiger partial charge in [-0.05, 0) is 42.0 Å². The molecule has 2 aromatic rings. The Bertz CT molecular complexity index is 852. The van der Waals surface area contributed by atoms with Crippen molar-refractivity contribution < 1.29 is 23.6 Å². The second-order valence-electron chi connectivity index (χ2n) is 7.19. The minimum absolute atomic E-state index is 0.0629. The summed E-state index contributed by atoms with van der Waals surface area (Å²) in [4.78, 5) is 10.4. The Labute approximate surface area is 156 Å². The van der Waals surface area contributed by atoms with E-state index in [2.05, 4.69) is 5.32 Å². The Morgan fingerprint density at radius 2 is 1.67 bits per heavy atom. The molecule has 0 aromatic heterocycles. The van der Waals surface area contributed by atoms with Gasteiger partial charge in [-0.25, -0.2) is 0 Å². The van der Waals surface area contributed by atoms with Crippen molar-refractivity contribution in [1.82, 2.24) is 0 Å². The predicted molar refractivity (Wildman–Crippen MR) is 101 cm³/mol. The van der Waals surface area contributed by atoms with Gasteiger partial charge in [0.05, 0.1) is 18.1 Å². The first-order valence-electron chi connectivity index (χ1n) is 8.37. The molecule has 0 amide bonds. The molecular weight excluding hydrogens is 371 g/mol. The highest BCUT2D eigenvalue weighted by atomic mass is 31.2. The molecule has 1 heterocycles. The zero-order valence-electron chi connectivity index (χ0n) is 15.0. The average Bonchev–Trinajstić information content (AvgIpc) is 2.64. The fourth-order valence-corrected chi connectivity index (χ4v) is 4.87. The van der Waals surface area contributed by atoms with Crippen LogP contribution in [0.2, 0.25) is 0 Å². The maximum absolute atomic E-state index is 13.4. The van der Waals surface area contributed by atoms with Gasteiger partial charge in [0.2, 0.25) is 0 Å². The first-order valence-corrected chi connectivity index (χ1v) is 9.98. The number of benzene rings is 2. The quantitative estimate of drug-likeness (QED) is 0.329. The molecule has 2 aromatic carbocycles. The van der Waals surface area contributed by atoms with Crippen molar-refractivity contribution in [1.29, 1.82) is 0 Å². The molecule has 3 rings (SSSR count). The molecule has 2 N–H and O–H groups in total. The van der Waals surface area contributed by atoms with Crippen LogP contribution in [0.5, 0.6) is 5.75 Å². The van der Waals surface area contributed by atoms with Crippen molar-refractivity contribution in [3.8, 4) is 5.75 Å². The maximum atomic E-state index is 13.4. The number of hydrogen-bond acceptors (Lipinski definition) is 7. The lowest BCUT2D eigenvalue weighted by atomic mass is 9.97. The Hall–Kier alpha value is -2.41. The minimum atomic E-state index is -3.59. The van der Waals surface area contributed by atoms with Crippen molar-refractivity contribution in [2.24, 2.45) is 5.41 Å². The van der Waals surface area contributed by atoms with Crippen molar-refractivity contribution in [2.45, 2.75) is 19.6 Å². The van der Waals surface area contributed by atoms with Crippen LogP contribution in [-0.4, -0.2) is 23.2 Å². The zero-order valence-corrected chi connectivity index (χ0v) is 15.9. The van der Waals surface area contributed by atoms with E-state index in [0.717, 1.165) is 0 Å². The Morgan fingerprint density at radius 3 is 2.19 bits per heavy atom. The van der Waals surface area contributed by atoms with Gasteiger partial charge >= 0.3 is 7.60 Å². The number of rotatable bonds is 5. The van der Waals surface area contributed by atoms with E-state index in [1.807, 2.05) is 13.8 Å². The summed E-state index contributed by atoms with van der Waals surface area (Å²) in [6, 6.07) is 12.0. The molecule has 1 fully saturated rings. The molecule has 144 valence electrons. The van der Waals surface area contributed by atoms with E-state index in [0.29, 0.717) is 11.3 Å². The van der Waals surface area contributed by atoms with Crippen LogP contribution in [0.25, 0.3) is 0 Å². The zero-order chi connectivity index (χ0) is 19.7. The van der Waals surface area contributed by atoms with E-state index in [-0.39, 0.29) is 30.1 Å². The van der Waals surface area contributed by atoms with Crippen molar-refractivity contribution >= 4 is 19.0 Å². The van der Waals surface area contributed by atoms with Crippen LogP contribution in [0.3, 0.4) is 0 Å². The van der Waals surface area contributed by atoms with Gasteiger partial charge in [0.1, 0.15) is 5.75 Å². The monoisotopic (exact) mass is 392 g/mol.